The number of unbranched alkanes of at least 4 members (excludes halogenated alkanes) is 2. The standard InChI is InChI=1S/C15H26N2O2S/c1-20-11-7-3-6-10-17-12-13(18)16-15(14(17)19)8-4-2-5-9-15/h2-12H2,1H3,(H,16,18). The van der Waals surface area contributed by atoms with E-state index in [0.717, 1.165) is 45.1 Å². The second-order valence-corrected chi connectivity index (χ2v) is 6.96. The summed E-state index contributed by atoms with van der Waals surface area (Å²) in [6, 6.07) is 0. The predicted octanol–water partition coefficient (Wildman–Crippen LogP) is 2.18. The summed E-state index contributed by atoms with van der Waals surface area (Å²) < 4.78 is 0. The van der Waals surface area contributed by atoms with Gasteiger partial charge in [-0.3, -0.25) is 9.59 Å². The van der Waals surface area contributed by atoms with Gasteiger partial charge in [0.1, 0.15) is 5.54 Å². The Morgan fingerprint density at radius 1 is 1.15 bits per heavy atom. The van der Waals surface area contributed by atoms with Crippen LogP contribution in [0.15, 0.2) is 0 Å². The quantitative estimate of drug-likeness (QED) is 0.765. The molecule has 0 atom stereocenters. The van der Waals surface area contributed by atoms with Crippen LogP contribution in [0.5, 0.6) is 0 Å². The van der Waals surface area contributed by atoms with Crippen LogP contribution in [0.25, 0.3) is 0 Å². The van der Waals surface area contributed by atoms with E-state index in [1.54, 1.807) is 4.90 Å². The van der Waals surface area contributed by atoms with Gasteiger partial charge < -0.3 is 10.2 Å². The highest BCUT2D eigenvalue weighted by molar-refractivity contribution is 7.98. The third-order valence-corrected chi connectivity index (χ3v) is 5.09. The molecule has 1 heterocycles. The maximum atomic E-state index is 12.7. The van der Waals surface area contributed by atoms with E-state index >= 15 is 0 Å². The molecule has 0 radical (unpaired) electrons. The number of thioether (sulfide) groups is 1. The molecule has 2 fully saturated rings. The average molecular weight is 298 g/mol. The molecule has 2 amide bonds. The number of nitrogens with zero attached hydrogens (tertiary/aromatic N) is 1. The first kappa shape index (κ1) is 15.7. The molecule has 0 unspecified atom stereocenters. The molecule has 1 N–H and O–H groups in total. The van der Waals surface area contributed by atoms with Crippen LogP contribution in [0.1, 0.15) is 51.4 Å². The fourth-order valence-corrected chi connectivity index (χ4v) is 3.80. The Kier molecular flexibility index (Phi) is 5.75. The van der Waals surface area contributed by atoms with Crippen LogP contribution in [-0.4, -0.2) is 47.4 Å². The molecule has 1 spiro atoms. The second-order valence-electron chi connectivity index (χ2n) is 5.97. The van der Waals surface area contributed by atoms with Gasteiger partial charge in [0.2, 0.25) is 11.8 Å². The van der Waals surface area contributed by atoms with Crippen molar-refractivity contribution in [1.29, 1.82) is 0 Å². The van der Waals surface area contributed by atoms with E-state index in [1.165, 1.54) is 18.6 Å². The number of nitrogens with one attached hydrogen (secondary N) is 1. The van der Waals surface area contributed by atoms with Crippen molar-refractivity contribution < 1.29 is 9.59 Å². The van der Waals surface area contributed by atoms with Crippen molar-refractivity contribution in [1.82, 2.24) is 10.2 Å². The van der Waals surface area contributed by atoms with Crippen molar-refractivity contribution in [2.75, 3.05) is 25.1 Å². The molecule has 20 heavy (non-hydrogen) atoms. The predicted molar refractivity (Wildman–Crippen MR) is 82.8 cm³/mol. The smallest absolute Gasteiger partial charge is 0.248 e. The van der Waals surface area contributed by atoms with Gasteiger partial charge in [-0.25, -0.2) is 0 Å². The number of piperazine rings is 1. The van der Waals surface area contributed by atoms with Crippen molar-refractivity contribution >= 4 is 23.6 Å². The number of hydrogen-bond donors (Lipinski definition) is 1. The van der Waals surface area contributed by atoms with Gasteiger partial charge in [-0.2, -0.15) is 11.8 Å². The molecule has 1 aliphatic heterocycles. The first-order valence-electron chi connectivity index (χ1n) is 7.77. The summed E-state index contributed by atoms with van der Waals surface area (Å²) in [6.45, 7) is 0.992. The van der Waals surface area contributed by atoms with E-state index in [-0.39, 0.29) is 18.4 Å². The Bertz CT molecular complexity index is 354. The van der Waals surface area contributed by atoms with Crippen molar-refractivity contribution in [3.8, 4) is 0 Å². The molecule has 1 aliphatic carbocycles. The second kappa shape index (κ2) is 7.34. The minimum Gasteiger partial charge on any atom is -0.340 e. The van der Waals surface area contributed by atoms with E-state index in [4.69, 9.17) is 0 Å². The van der Waals surface area contributed by atoms with Crippen LogP contribution in [0.2, 0.25) is 0 Å². The maximum absolute atomic E-state index is 12.7. The summed E-state index contributed by atoms with van der Waals surface area (Å²) in [5.74, 6) is 1.37. The number of hydrogen-bond acceptors (Lipinski definition) is 3. The molecule has 1 saturated heterocycles. The maximum Gasteiger partial charge on any atom is 0.248 e. The van der Waals surface area contributed by atoms with Gasteiger partial charge in [0.25, 0.3) is 0 Å². The lowest BCUT2D eigenvalue weighted by atomic mass is 9.79. The van der Waals surface area contributed by atoms with Crippen molar-refractivity contribution in [3.63, 3.8) is 0 Å². The number of amides is 2. The zero-order valence-corrected chi connectivity index (χ0v) is 13.3. The van der Waals surface area contributed by atoms with Crippen molar-refractivity contribution in [2.24, 2.45) is 0 Å². The van der Waals surface area contributed by atoms with E-state index in [2.05, 4.69) is 11.6 Å². The van der Waals surface area contributed by atoms with Crippen LogP contribution in [-0.2, 0) is 9.59 Å². The lowest BCUT2D eigenvalue weighted by Gasteiger charge is -2.44. The van der Waals surface area contributed by atoms with Gasteiger partial charge in [0, 0.05) is 6.54 Å². The summed E-state index contributed by atoms with van der Waals surface area (Å²) in [6.07, 6.45) is 10.4. The molecule has 1 saturated carbocycles. The summed E-state index contributed by atoms with van der Waals surface area (Å²) in [4.78, 5) is 26.4. The fourth-order valence-electron chi connectivity index (χ4n) is 3.31. The highest BCUT2D eigenvalue weighted by atomic mass is 32.2. The summed E-state index contributed by atoms with van der Waals surface area (Å²) in [5, 5.41) is 2.99. The molecule has 0 aromatic heterocycles. The van der Waals surface area contributed by atoms with Gasteiger partial charge in [0.15, 0.2) is 0 Å². The van der Waals surface area contributed by atoms with Gasteiger partial charge in [0.05, 0.1) is 6.54 Å². The van der Waals surface area contributed by atoms with E-state index in [0.29, 0.717) is 0 Å². The fraction of sp³-hybridized carbons (Fsp3) is 0.867. The molecule has 5 heteroatoms. The van der Waals surface area contributed by atoms with Crippen molar-refractivity contribution in [3.05, 3.63) is 0 Å². The Morgan fingerprint density at radius 3 is 2.60 bits per heavy atom. The molecule has 0 bridgehead atoms. The normalized spacial score (nSPS) is 22.1. The van der Waals surface area contributed by atoms with E-state index in [1.807, 2.05) is 11.8 Å². The topological polar surface area (TPSA) is 49.4 Å². The lowest BCUT2D eigenvalue weighted by molar-refractivity contribution is -0.151. The largest absolute Gasteiger partial charge is 0.340 e. The van der Waals surface area contributed by atoms with Gasteiger partial charge in [-0.1, -0.05) is 25.7 Å². The third-order valence-electron chi connectivity index (χ3n) is 4.39. The molecule has 2 rings (SSSR count). The first-order valence-corrected chi connectivity index (χ1v) is 9.17. The minimum absolute atomic E-state index is 0.0237. The van der Waals surface area contributed by atoms with Crippen LogP contribution in [0.4, 0.5) is 0 Å². The first-order chi connectivity index (χ1) is 9.68. The summed E-state index contributed by atoms with van der Waals surface area (Å²) in [7, 11) is 0. The highest BCUT2D eigenvalue weighted by Crippen LogP contribution is 2.31. The number of rotatable bonds is 6. The Labute approximate surface area is 126 Å². The SMILES string of the molecule is CSCCCCCN1CC(=O)NC2(CCCCC2)C1=O. The summed E-state index contributed by atoms with van der Waals surface area (Å²) in [5.41, 5.74) is -0.563. The van der Waals surface area contributed by atoms with Crippen LogP contribution < -0.4 is 5.32 Å². The monoisotopic (exact) mass is 298 g/mol. The zero-order valence-electron chi connectivity index (χ0n) is 12.5. The van der Waals surface area contributed by atoms with Gasteiger partial charge in [-0.15, -0.1) is 0 Å². The Morgan fingerprint density at radius 2 is 1.90 bits per heavy atom. The highest BCUT2D eigenvalue weighted by Gasteiger charge is 2.46. The van der Waals surface area contributed by atoms with Crippen LogP contribution >= 0.6 is 11.8 Å². The van der Waals surface area contributed by atoms with E-state index in [9.17, 15) is 9.59 Å². The number of carbonyl (C=O) groups excluding carboxylic acids is 2. The Balaban J connectivity index is 1.88. The zero-order chi connectivity index (χ0) is 14.4. The van der Waals surface area contributed by atoms with Gasteiger partial charge >= 0.3 is 0 Å². The molecule has 2 aliphatic rings. The molecule has 0 aromatic rings. The van der Waals surface area contributed by atoms with E-state index < -0.39 is 5.54 Å². The average Bonchev–Trinajstić information content (AvgIpc) is 2.45. The molecular formula is C15H26N2O2S. The van der Waals surface area contributed by atoms with Crippen LogP contribution in [0.3, 0.4) is 0 Å². The molecule has 0 aromatic carbocycles. The number of carbonyl (C=O) groups is 2. The van der Waals surface area contributed by atoms with Crippen LogP contribution in [0, 0.1) is 0 Å². The molecule has 114 valence electrons. The summed E-state index contributed by atoms with van der Waals surface area (Å²) >= 11 is 1.86. The van der Waals surface area contributed by atoms with Gasteiger partial charge in [-0.05, 0) is 37.7 Å². The molecular weight excluding hydrogens is 272 g/mol. The third kappa shape index (κ3) is 3.68. The molecule has 4 nitrogen and oxygen atoms in total. The lowest BCUT2D eigenvalue weighted by Crippen LogP contribution is -2.67. The minimum atomic E-state index is -0.563. The van der Waals surface area contributed by atoms with Crippen molar-refractivity contribution in [2.45, 2.75) is 56.9 Å². The Hall–Kier alpha value is -0.710.